The van der Waals surface area contributed by atoms with Crippen LogP contribution in [-0.2, 0) is 4.74 Å². The number of aliphatic imine (C=N–C) groups is 1. The van der Waals surface area contributed by atoms with Crippen LogP contribution in [0.15, 0.2) is 29.3 Å². The quantitative estimate of drug-likeness (QED) is 0.462. The molecule has 3 atom stereocenters. The Morgan fingerprint density at radius 1 is 1.38 bits per heavy atom. The number of ether oxygens (including phenoxy) is 1. The number of nitrogens with zero attached hydrogens (tertiary/aromatic N) is 1. The number of nitrogens with two attached hydrogens (primary N) is 1. The third-order valence-corrected chi connectivity index (χ3v) is 4.29. The van der Waals surface area contributed by atoms with Crippen LogP contribution >= 0.6 is 24.0 Å². The van der Waals surface area contributed by atoms with Gasteiger partial charge in [-0.25, -0.2) is 4.99 Å². The molecule has 0 saturated heterocycles. The lowest BCUT2D eigenvalue weighted by atomic mass is 9.58. The third-order valence-electron chi connectivity index (χ3n) is 4.29. The summed E-state index contributed by atoms with van der Waals surface area (Å²) < 4.78 is 5.53. The first kappa shape index (κ1) is 18.2. The van der Waals surface area contributed by atoms with E-state index in [0.29, 0.717) is 11.9 Å². The van der Waals surface area contributed by atoms with Crippen molar-refractivity contribution in [2.75, 3.05) is 12.4 Å². The number of guanidine groups is 1. The highest BCUT2D eigenvalue weighted by atomic mass is 127. The Morgan fingerprint density at radius 3 is 2.57 bits per heavy atom. The lowest BCUT2D eigenvalue weighted by molar-refractivity contribution is -0.132. The summed E-state index contributed by atoms with van der Waals surface area (Å²) in [6, 6.07) is 8.28. The molecule has 1 aromatic carbocycles. The summed E-state index contributed by atoms with van der Waals surface area (Å²) in [5.41, 5.74) is 8.22. The standard InChI is InChI=1S/C16H25N3O.HI/c1-10-7-6-8-12(9-10)18-15(17)19-13-11(2)14(20-5)16(13,3)4;/h6-9,11,13-14H,1-5H3,(H3,17,18,19);1H. The minimum absolute atomic E-state index is 0. The predicted molar refractivity (Wildman–Crippen MR) is 99.4 cm³/mol. The van der Waals surface area contributed by atoms with Crippen molar-refractivity contribution < 1.29 is 4.74 Å². The van der Waals surface area contributed by atoms with Gasteiger partial charge in [-0.05, 0) is 24.6 Å². The van der Waals surface area contributed by atoms with Gasteiger partial charge in [0.1, 0.15) is 0 Å². The van der Waals surface area contributed by atoms with E-state index in [4.69, 9.17) is 10.5 Å². The molecule has 0 aromatic heterocycles. The fourth-order valence-electron chi connectivity index (χ4n) is 3.43. The molecule has 1 aliphatic carbocycles. The van der Waals surface area contributed by atoms with E-state index < -0.39 is 0 Å². The normalized spacial score (nSPS) is 27.5. The predicted octanol–water partition coefficient (Wildman–Crippen LogP) is 3.40. The van der Waals surface area contributed by atoms with E-state index in [2.05, 4.69) is 50.1 Å². The molecule has 3 N–H and O–H groups in total. The molecule has 1 aliphatic rings. The topological polar surface area (TPSA) is 59.6 Å². The first-order valence-corrected chi connectivity index (χ1v) is 7.06. The second-order valence-corrected chi connectivity index (χ2v) is 6.29. The lowest BCUT2D eigenvalue weighted by Crippen LogP contribution is -2.61. The van der Waals surface area contributed by atoms with Gasteiger partial charge in [0.05, 0.1) is 12.1 Å². The highest BCUT2D eigenvalue weighted by molar-refractivity contribution is 14.0. The molecule has 2 rings (SSSR count). The van der Waals surface area contributed by atoms with Gasteiger partial charge in [0.2, 0.25) is 0 Å². The van der Waals surface area contributed by atoms with Gasteiger partial charge in [0.25, 0.3) is 0 Å². The molecule has 4 nitrogen and oxygen atoms in total. The van der Waals surface area contributed by atoms with Gasteiger partial charge in [-0.2, -0.15) is 0 Å². The molecule has 1 fully saturated rings. The van der Waals surface area contributed by atoms with Crippen LogP contribution in [0.4, 0.5) is 5.69 Å². The molecular weight excluding hydrogens is 377 g/mol. The van der Waals surface area contributed by atoms with Crippen molar-refractivity contribution in [2.24, 2.45) is 22.1 Å². The number of hydrogen-bond acceptors (Lipinski definition) is 2. The Morgan fingerprint density at radius 2 is 2.05 bits per heavy atom. The van der Waals surface area contributed by atoms with Crippen molar-refractivity contribution in [3.8, 4) is 0 Å². The summed E-state index contributed by atoms with van der Waals surface area (Å²) in [6.07, 6.45) is 0.239. The third kappa shape index (κ3) is 3.69. The van der Waals surface area contributed by atoms with Crippen molar-refractivity contribution >= 4 is 35.6 Å². The number of benzene rings is 1. The molecule has 0 spiro atoms. The van der Waals surface area contributed by atoms with E-state index in [0.717, 1.165) is 5.69 Å². The van der Waals surface area contributed by atoms with Crippen LogP contribution in [0.3, 0.4) is 0 Å². The molecule has 0 amide bonds. The maximum Gasteiger partial charge on any atom is 0.193 e. The Bertz CT molecular complexity index is 516. The zero-order valence-electron chi connectivity index (χ0n) is 13.4. The molecule has 1 aromatic rings. The van der Waals surface area contributed by atoms with Crippen LogP contribution < -0.4 is 11.1 Å². The number of nitrogens with one attached hydrogen (secondary N) is 1. The summed E-state index contributed by atoms with van der Waals surface area (Å²) in [5, 5.41) is 3.16. The summed E-state index contributed by atoms with van der Waals surface area (Å²) in [6.45, 7) is 8.57. The molecule has 0 radical (unpaired) electrons. The van der Waals surface area contributed by atoms with E-state index >= 15 is 0 Å². The minimum atomic E-state index is 0. The number of aryl methyl sites for hydroxylation is 1. The van der Waals surface area contributed by atoms with Crippen molar-refractivity contribution in [2.45, 2.75) is 39.8 Å². The van der Waals surface area contributed by atoms with Crippen LogP contribution in [0.5, 0.6) is 0 Å². The summed E-state index contributed by atoms with van der Waals surface area (Å²) in [4.78, 5) is 4.64. The number of anilines is 1. The van der Waals surface area contributed by atoms with Crippen LogP contribution in [0.25, 0.3) is 0 Å². The van der Waals surface area contributed by atoms with Gasteiger partial charge in [0.15, 0.2) is 5.96 Å². The van der Waals surface area contributed by atoms with Gasteiger partial charge in [-0.15, -0.1) is 24.0 Å². The minimum Gasteiger partial charge on any atom is -0.380 e. The van der Waals surface area contributed by atoms with Gasteiger partial charge >= 0.3 is 0 Å². The summed E-state index contributed by atoms with van der Waals surface area (Å²) >= 11 is 0. The maximum absolute atomic E-state index is 6.03. The maximum atomic E-state index is 6.03. The molecule has 0 bridgehead atoms. The van der Waals surface area contributed by atoms with Crippen LogP contribution in [0.2, 0.25) is 0 Å². The molecule has 5 heteroatoms. The van der Waals surface area contributed by atoms with Crippen molar-refractivity contribution in [1.82, 2.24) is 0 Å². The van der Waals surface area contributed by atoms with Crippen LogP contribution in [0.1, 0.15) is 26.3 Å². The fraction of sp³-hybridized carbons (Fsp3) is 0.562. The molecule has 0 aliphatic heterocycles. The zero-order chi connectivity index (χ0) is 14.9. The molecule has 21 heavy (non-hydrogen) atoms. The van der Waals surface area contributed by atoms with Gasteiger partial charge < -0.3 is 15.8 Å². The van der Waals surface area contributed by atoms with Crippen molar-refractivity contribution in [1.29, 1.82) is 0 Å². The number of halogens is 1. The summed E-state index contributed by atoms with van der Waals surface area (Å²) in [7, 11) is 1.76. The van der Waals surface area contributed by atoms with Gasteiger partial charge in [0, 0.05) is 24.1 Å². The highest BCUT2D eigenvalue weighted by Gasteiger charge is 2.54. The Balaban J connectivity index is 0.00000220. The Kier molecular flexibility index (Phi) is 6.04. The first-order valence-electron chi connectivity index (χ1n) is 7.06. The largest absolute Gasteiger partial charge is 0.380 e. The first-order chi connectivity index (χ1) is 9.36. The van der Waals surface area contributed by atoms with E-state index in [1.807, 2.05) is 12.1 Å². The fourth-order valence-corrected chi connectivity index (χ4v) is 3.43. The Hall–Kier alpha value is -0.820. The van der Waals surface area contributed by atoms with Crippen LogP contribution in [-0.4, -0.2) is 25.2 Å². The van der Waals surface area contributed by atoms with E-state index in [1.165, 1.54) is 5.56 Å². The highest BCUT2D eigenvalue weighted by Crippen LogP contribution is 2.48. The van der Waals surface area contributed by atoms with Gasteiger partial charge in [-0.1, -0.05) is 32.9 Å². The van der Waals surface area contributed by atoms with Crippen LogP contribution in [0, 0.1) is 18.3 Å². The monoisotopic (exact) mass is 403 g/mol. The van der Waals surface area contributed by atoms with E-state index in [-0.39, 0.29) is 41.5 Å². The zero-order valence-corrected chi connectivity index (χ0v) is 15.7. The Labute approximate surface area is 144 Å². The van der Waals surface area contributed by atoms with E-state index in [1.54, 1.807) is 7.11 Å². The second kappa shape index (κ2) is 6.96. The van der Waals surface area contributed by atoms with E-state index in [9.17, 15) is 0 Å². The molecule has 1 saturated carbocycles. The second-order valence-electron chi connectivity index (χ2n) is 6.29. The SMILES string of the molecule is COC1C(C)C(N=C(N)Nc2cccc(C)c2)C1(C)C.I. The number of rotatable bonds is 3. The molecular formula is C16H26IN3O. The van der Waals surface area contributed by atoms with Crippen molar-refractivity contribution in [3.05, 3.63) is 29.8 Å². The molecule has 0 heterocycles. The smallest absolute Gasteiger partial charge is 0.193 e. The number of hydrogen-bond donors (Lipinski definition) is 2. The molecule has 118 valence electrons. The molecule has 3 unspecified atom stereocenters. The average molecular weight is 403 g/mol. The summed E-state index contributed by atoms with van der Waals surface area (Å²) in [5.74, 6) is 0.850. The average Bonchev–Trinajstić information content (AvgIpc) is 2.36. The van der Waals surface area contributed by atoms with Crippen molar-refractivity contribution in [3.63, 3.8) is 0 Å². The number of methoxy groups -OCH3 is 1. The lowest BCUT2D eigenvalue weighted by Gasteiger charge is -2.54. The van der Waals surface area contributed by atoms with Gasteiger partial charge in [-0.3, -0.25) is 0 Å².